The summed E-state index contributed by atoms with van der Waals surface area (Å²) in [5.41, 5.74) is 3.58. The van der Waals surface area contributed by atoms with Gasteiger partial charge >= 0.3 is 0 Å². The molecule has 2 nitrogen and oxygen atoms in total. The van der Waals surface area contributed by atoms with E-state index in [0.29, 0.717) is 10.0 Å². The van der Waals surface area contributed by atoms with E-state index in [2.05, 4.69) is 4.98 Å². The zero-order valence-electron chi connectivity index (χ0n) is 10.6. The first-order chi connectivity index (χ1) is 9.56. The molecule has 0 fully saturated rings. The van der Waals surface area contributed by atoms with Gasteiger partial charge in [-0.05, 0) is 31.2 Å². The Labute approximate surface area is 131 Å². The zero-order chi connectivity index (χ0) is 14.3. The largest absolute Gasteiger partial charge is 0.300 e. The second-order valence-corrected chi connectivity index (χ2v) is 6.07. The summed E-state index contributed by atoms with van der Waals surface area (Å²) in [6.07, 6.45) is 1.83. The maximum absolute atomic E-state index is 6.33. The van der Waals surface area contributed by atoms with Gasteiger partial charge in [-0.25, -0.2) is 4.98 Å². The second-order valence-electron chi connectivity index (χ2n) is 4.54. The number of halogens is 3. The molecule has 0 aliphatic rings. The molecular weight excluding hydrogens is 315 g/mol. The monoisotopic (exact) mass is 324 g/mol. The number of aromatic nitrogens is 2. The van der Waals surface area contributed by atoms with Crippen LogP contribution >= 0.6 is 34.8 Å². The topological polar surface area (TPSA) is 17.3 Å². The summed E-state index contributed by atoms with van der Waals surface area (Å²) >= 11 is 18.3. The maximum atomic E-state index is 6.33. The molecule has 0 N–H and O–H groups in total. The van der Waals surface area contributed by atoms with Crippen LogP contribution in [-0.2, 0) is 0 Å². The number of nitrogens with zero attached hydrogens (tertiary/aromatic N) is 2. The molecule has 1 aromatic carbocycles. The third-order valence-corrected chi connectivity index (χ3v) is 3.80. The highest BCUT2D eigenvalue weighted by Crippen LogP contribution is 2.33. The summed E-state index contributed by atoms with van der Waals surface area (Å²) < 4.78 is 1.93. The highest BCUT2D eigenvalue weighted by molar-refractivity contribution is 6.31. The van der Waals surface area contributed by atoms with E-state index < -0.39 is 0 Å². The van der Waals surface area contributed by atoms with Gasteiger partial charge in [-0.1, -0.05) is 35.3 Å². The summed E-state index contributed by atoms with van der Waals surface area (Å²) in [5.74, 6) is 0. The third-order valence-electron chi connectivity index (χ3n) is 3.11. The molecule has 0 saturated heterocycles. The predicted molar refractivity (Wildman–Crippen MR) is 84.9 cm³/mol. The van der Waals surface area contributed by atoms with Crippen molar-refractivity contribution in [1.82, 2.24) is 9.38 Å². The molecule has 20 heavy (non-hydrogen) atoms. The number of imidazole rings is 1. The van der Waals surface area contributed by atoms with Crippen LogP contribution in [0.3, 0.4) is 0 Å². The first kappa shape index (κ1) is 13.7. The summed E-state index contributed by atoms with van der Waals surface area (Å²) in [6.45, 7) is 1.92. The molecule has 102 valence electrons. The lowest BCUT2D eigenvalue weighted by atomic mass is 10.1. The Kier molecular flexibility index (Phi) is 3.63. The fourth-order valence-electron chi connectivity index (χ4n) is 2.24. The fraction of sp³-hybridized carbons (Fsp3) is 0.133. The smallest absolute Gasteiger partial charge is 0.137 e. The maximum Gasteiger partial charge on any atom is 0.137 e. The van der Waals surface area contributed by atoms with Crippen molar-refractivity contribution < 1.29 is 0 Å². The quantitative estimate of drug-likeness (QED) is 0.560. The average Bonchev–Trinajstić information content (AvgIpc) is 2.78. The molecule has 2 aromatic heterocycles. The number of fused-ring (bicyclic) bond motifs is 1. The van der Waals surface area contributed by atoms with Gasteiger partial charge in [-0.3, -0.25) is 0 Å². The molecule has 1 atom stereocenters. The van der Waals surface area contributed by atoms with E-state index >= 15 is 0 Å². The van der Waals surface area contributed by atoms with Crippen molar-refractivity contribution in [2.45, 2.75) is 12.3 Å². The summed E-state index contributed by atoms with van der Waals surface area (Å²) in [7, 11) is 0. The summed E-state index contributed by atoms with van der Waals surface area (Å²) in [5, 5.41) is 1.16. The average molecular weight is 326 g/mol. The normalized spacial score (nSPS) is 12.8. The van der Waals surface area contributed by atoms with Crippen molar-refractivity contribution in [3.63, 3.8) is 0 Å². The Bertz CT molecular complexity index is 761. The molecule has 5 heteroatoms. The number of hydrogen-bond donors (Lipinski definition) is 0. The van der Waals surface area contributed by atoms with E-state index in [-0.39, 0.29) is 5.38 Å². The van der Waals surface area contributed by atoms with E-state index in [1.54, 1.807) is 0 Å². The van der Waals surface area contributed by atoms with Crippen LogP contribution in [0.1, 0.15) is 18.0 Å². The lowest BCUT2D eigenvalue weighted by Gasteiger charge is -2.07. The number of rotatable bonds is 2. The summed E-state index contributed by atoms with van der Waals surface area (Å²) in [6, 6.07) is 11.3. The highest BCUT2D eigenvalue weighted by Gasteiger charge is 2.18. The molecule has 3 aromatic rings. The van der Waals surface area contributed by atoms with Gasteiger partial charge in [0, 0.05) is 16.8 Å². The van der Waals surface area contributed by atoms with E-state index in [9.17, 15) is 0 Å². The van der Waals surface area contributed by atoms with Gasteiger partial charge in [0.05, 0.1) is 21.8 Å². The molecular formula is C15H11Cl3N2. The van der Waals surface area contributed by atoms with Crippen LogP contribution in [0.2, 0.25) is 10.0 Å². The van der Waals surface area contributed by atoms with Crippen molar-refractivity contribution in [3.8, 4) is 11.3 Å². The van der Waals surface area contributed by atoms with Crippen molar-refractivity contribution in [3.05, 3.63) is 58.3 Å². The first-order valence-corrected chi connectivity index (χ1v) is 7.33. The lowest BCUT2D eigenvalue weighted by molar-refractivity contribution is 0.965. The number of alkyl halides is 1. The van der Waals surface area contributed by atoms with Gasteiger partial charge in [0.15, 0.2) is 0 Å². The minimum atomic E-state index is -0.186. The van der Waals surface area contributed by atoms with E-state index in [4.69, 9.17) is 34.8 Å². The third kappa shape index (κ3) is 2.39. The first-order valence-electron chi connectivity index (χ1n) is 6.14. The number of pyridine rings is 1. The van der Waals surface area contributed by atoms with Crippen LogP contribution in [-0.4, -0.2) is 9.38 Å². The molecule has 3 rings (SSSR count). The van der Waals surface area contributed by atoms with Crippen LogP contribution in [0.4, 0.5) is 0 Å². The molecule has 0 radical (unpaired) electrons. The molecule has 0 bridgehead atoms. The second kappa shape index (κ2) is 5.28. The predicted octanol–water partition coefficient (Wildman–Crippen LogP) is 5.61. The molecule has 0 aliphatic heterocycles. The Morgan fingerprint density at radius 1 is 1.00 bits per heavy atom. The fourth-order valence-corrected chi connectivity index (χ4v) is 2.73. The SMILES string of the molecule is CC(Cl)c1c(-c2ccc(Cl)cc2)nc2ccc(Cl)cn12. The minimum absolute atomic E-state index is 0.186. The van der Waals surface area contributed by atoms with Crippen molar-refractivity contribution in [2.24, 2.45) is 0 Å². The van der Waals surface area contributed by atoms with Crippen LogP contribution < -0.4 is 0 Å². The molecule has 2 heterocycles. The van der Waals surface area contributed by atoms with Crippen molar-refractivity contribution in [2.75, 3.05) is 0 Å². The van der Waals surface area contributed by atoms with E-state index in [1.807, 2.05) is 53.9 Å². The van der Waals surface area contributed by atoms with Gasteiger partial charge in [0.2, 0.25) is 0 Å². The standard InChI is InChI=1S/C15H11Cl3N2/c1-9(16)15-14(10-2-4-11(17)5-3-10)19-13-7-6-12(18)8-20(13)15/h2-9H,1H3. The minimum Gasteiger partial charge on any atom is -0.300 e. The Hall–Kier alpha value is -1.22. The molecule has 0 aliphatic carbocycles. The van der Waals surface area contributed by atoms with E-state index in [1.165, 1.54) is 0 Å². The van der Waals surface area contributed by atoms with Crippen molar-refractivity contribution in [1.29, 1.82) is 0 Å². The van der Waals surface area contributed by atoms with Gasteiger partial charge in [0.25, 0.3) is 0 Å². The summed E-state index contributed by atoms with van der Waals surface area (Å²) in [4.78, 5) is 4.65. The van der Waals surface area contributed by atoms with Crippen LogP contribution in [0.25, 0.3) is 16.9 Å². The molecule has 1 unspecified atom stereocenters. The van der Waals surface area contributed by atoms with Gasteiger partial charge in [0.1, 0.15) is 5.65 Å². The number of hydrogen-bond acceptors (Lipinski definition) is 1. The molecule has 0 saturated carbocycles. The molecule has 0 spiro atoms. The molecule has 0 amide bonds. The van der Waals surface area contributed by atoms with Crippen LogP contribution in [0, 0.1) is 0 Å². The van der Waals surface area contributed by atoms with Crippen LogP contribution in [0.5, 0.6) is 0 Å². The highest BCUT2D eigenvalue weighted by atomic mass is 35.5. The van der Waals surface area contributed by atoms with Gasteiger partial charge in [-0.2, -0.15) is 0 Å². The number of benzene rings is 1. The van der Waals surface area contributed by atoms with Gasteiger partial charge < -0.3 is 4.40 Å². The Balaban J connectivity index is 2.29. The zero-order valence-corrected chi connectivity index (χ0v) is 12.9. The van der Waals surface area contributed by atoms with Crippen molar-refractivity contribution >= 4 is 40.4 Å². The van der Waals surface area contributed by atoms with Gasteiger partial charge in [-0.15, -0.1) is 11.6 Å². The Morgan fingerprint density at radius 2 is 1.65 bits per heavy atom. The van der Waals surface area contributed by atoms with Crippen LogP contribution in [0.15, 0.2) is 42.6 Å². The lowest BCUT2D eigenvalue weighted by Crippen LogP contribution is -1.95. The van der Waals surface area contributed by atoms with E-state index in [0.717, 1.165) is 22.6 Å². The Morgan fingerprint density at radius 3 is 2.30 bits per heavy atom.